The van der Waals surface area contributed by atoms with Crippen molar-refractivity contribution in [3.63, 3.8) is 0 Å². The Balaban J connectivity index is 1.93. The molecule has 0 aliphatic heterocycles. The van der Waals surface area contributed by atoms with Crippen LogP contribution >= 0.6 is 0 Å². The number of hydrogen-bond acceptors (Lipinski definition) is 6. The van der Waals surface area contributed by atoms with Gasteiger partial charge in [0.05, 0.1) is 19.0 Å². The number of nitrogens with one attached hydrogen (secondary N) is 4. The van der Waals surface area contributed by atoms with Crippen molar-refractivity contribution in [3.05, 3.63) is 36.0 Å². The normalized spacial score (nSPS) is 14.4. The Kier molecular flexibility index (Phi) is 9.76. The molecule has 0 spiro atoms. The first kappa shape index (κ1) is 27.3. The van der Waals surface area contributed by atoms with Gasteiger partial charge in [-0.3, -0.25) is 19.2 Å². The highest BCUT2D eigenvalue weighted by Crippen LogP contribution is 2.18. The Morgan fingerprint density at radius 1 is 1.09 bits per heavy atom. The predicted molar refractivity (Wildman–Crippen MR) is 128 cm³/mol. The van der Waals surface area contributed by atoms with Gasteiger partial charge in [0.2, 0.25) is 23.6 Å². The molecule has 0 fully saturated rings. The molecule has 4 unspecified atom stereocenters. The van der Waals surface area contributed by atoms with E-state index in [4.69, 9.17) is 11.5 Å². The van der Waals surface area contributed by atoms with Crippen molar-refractivity contribution < 1.29 is 29.1 Å². The van der Waals surface area contributed by atoms with Crippen LogP contribution in [0.4, 0.5) is 0 Å². The van der Waals surface area contributed by atoms with Gasteiger partial charge in [-0.1, -0.05) is 38.5 Å². The highest BCUT2D eigenvalue weighted by Gasteiger charge is 2.30. The molecule has 12 nitrogen and oxygen atoms in total. The highest BCUT2D eigenvalue weighted by molar-refractivity contribution is 5.95. The molecule has 0 aliphatic carbocycles. The number of rotatable bonds is 13. The number of carbonyl (C=O) groups excluding carboxylic acids is 4. The molecule has 1 heterocycles. The number of amides is 4. The molecule has 0 radical (unpaired) electrons. The molecule has 2 rings (SSSR count). The van der Waals surface area contributed by atoms with Crippen molar-refractivity contribution in [1.29, 1.82) is 0 Å². The summed E-state index contributed by atoms with van der Waals surface area (Å²) in [6.45, 7) is 2.91. The summed E-state index contributed by atoms with van der Waals surface area (Å²) in [6, 6.07) is 4.01. The lowest BCUT2D eigenvalue weighted by Gasteiger charge is -2.24. The molecule has 9 N–H and O–H groups in total. The summed E-state index contributed by atoms with van der Waals surface area (Å²) in [6.07, 6.45) is 1.94. The van der Waals surface area contributed by atoms with E-state index in [-0.39, 0.29) is 12.3 Å². The molecule has 0 saturated carbocycles. The summed E-state index contributed by atoms with van der Waals surface area (Å²) in [7, 11) is 0. The molecule has 0 saturated heterocycles. The fourth-order valence-corrected chi connectivity index (χ4v) is 3.52. The van der Waals surface area contributed by atoms with Crippen LogP contribution in [0.15, 0.2) is 30.5 Å². The van der Waals surface area contributed by atoms with Crippen molar-refractivity contribution in [2.45, 2.75) is 51.2 Å². The Morgan fingerprint density at radius 2 is 1.77 bits per heavy atom. The van der Waals surface area contributed by atoms with Crippen LogP contribution in [-0.4, -0.2) is 64.4 Å². The molecule has 4 atom stereocenters. The minimum absolute atomic E-state index is 0.233. The largest absolute Gasteiger partial charge is 0.480 e. The second kappa shape index (κ2) is 12.5. The molecule has 0 bridgehead atoms. The average Bonchev–Trinajstić information content (AvgIpc) is 3.22. The summed E-state index contributed by atoms with van der Waals surface area (Å²) in [5.74, 6) is -4.72. The van der Waals surface area contributed by atoms with Crippen LogP contribution in [0.25, 0.3) is 10.9 Å². The number of primary amides is 1. The first-order valence-corrected chi connectivity index (χ1v) is 11.2. The second-order valence-corrected chi connectivity index (χ2v) is 8.39. The lowest BCUT2D eigenvalue weighted by Crippen LogP contribution is -2.55. The number of carbonyl (C=O) groups is 5. The number of H-pyrrole nitrogens is 1. The fraction of sp³-hybridized carbons (Fsp3) is 0.435. The van der Waals surface area contributed by atoms with Crippen molar-refractivity contribution in [1.82, 2.24) is 20.9 Å². The van der Waals surface area contributed by atoms with Crippen LogP contribution < -0.4 is 27.4 Å². The summed E-state index contributed by atoms with van der Waals surface area (Å²) in [5.41, 5.74) is 12.9. The monoisotopic (exact) mass is 488 g/mol. The maximum absolute atomic E-state index is 12.6. The van der Waals surface area contributed by atoms with Crippen molar-refractivity contribution in [2.24, 2.45) is 17.4 Å². The quantitative estimate of drug-likeness (QED) is 0.189. The van der Waals surface area contributed by atoms with Crippen LogP contribution in [0.1, 0.15) is 32.3 Å². The number of nitrogens with two attached hydrogens (primary N) is 2. The van der Waals surface area contributed by atoms with Crippen molar-refractivity contribution in [2.75, 3.05) is 6.54 Å². The lowest BCUT2D eigenvalue weighted by atomic mass is 9.98. The molecular formula is C23H32N6O6. The molecule has 190 valence electrons. The first-order chi connectivity index (χ1) is 16.5. The number of carboxylic acid groups (broad SMARTS) is 1. The highest BCUT2D eigenvalue weighted by atomic mass is 16.4. The molecule has 4 amide bonds. The van der Waals surface area contributed by atoms with Gasteiger partial charge in [0.15, 0.2) is 0 Å². The van der Waals surface area contributed by atoms with Gasteiger partial charge in [-0.15, -0.1) is 0 Å². The smallest absolute Gasteiger partial charge is 0.326 e. The number of para-hydroxylation sites is 1. The Bertz CT molecular complexity index is 1080. The maximum atomic E-state index is 12.6. The summed E-state index contributed by atoms with van der Waals surface area (Å²) in [5, 5.41) is 17.3. The Morgan fingerprint density at radius 3 is 2.40 bits per heavy atom. The van der Waals surface area contributed by atoms with Crippen molar-refractivity contribution >= 4 is 40.5 Å². The van der Waals surface area contributed by atoms with Crippen LogP contribution in [0.5, 0.6) is 0 Å². The fourth-order valence-electron chi connectivity index (χ4n) is 3.52. The number of aromatic amines is 1. The zero-order chi connectivity index (χ0) is 26.1. The number of aliphatic carboxylic acids is 1. The van der Waals surface area contributed by atoms with Crippen LogP contribution in [0.2, 0.25) is 0 Å². The van der Waals surface area contributed by atoms with Crippen molar-refractivity contribution in [3.8, 4) is 0 Å². The molecule has 35 heavy (non-hydrogen) atoms. The molecule has 0 aliphatic rings. The number of hydrogen-bond donors (Lipinski definition) is 7. The molecular weight excluding hydrogens is 456 g/mol. The lowest BCUT2D eigenvalue weighted by molar-refractivity contribution is -0.143. The van der Waals surface area contributed by atoms with E-state index in [0.717, 1.165) is 16.5 Å². The Hall–Kier alpha value is -3.93. The topological polar surface area (TPSA) is 209 Å². The van der Waals surface area contributed by atoms with Gasteiger partial charge in [-0.25, -0.2) is 4.79 Å². The molecule has 12 heteroatoms. The molecule has 1 aromatic carbocycles. The average molecular weight is 489 g/mol. The zero-order valence-corrected chi connectivity index (χ0v) is 19.7. The summed E-state index contributed by atoms with van der Waals surface area (Å²) < 4.78 is 0. The van der Waals surface area contributed by atoms with Gasteiger partial charge in [-0.2, -0.15) is 0 Å². The maximum Gasteiger partial charge on any atom is 0.326 e. The van der Waals surface area contributed by atoms with Gasteiger partial charge in [0, 0.05) is 17.1 Å². The number of fused-ring (bicyclic) bond motifs is 1. The number of carboxylic acids is 1. The van der Waals surface area contributed by atoms with E-state index in [0.29, 0.717) is 6.42 Å². The second-order valence-electron chi connectivity index (χ2n) is 8.39. The third kappa shape index (κ3) is 7.81. The van der Waals surface area contributed by atoms with E-state index in [1.807, 2.05) is 24.3 Å². The van der Waals surface area contributed by atoms with E-state index in [1.165, 1.54) is 0 Å². The van der Waals surface area contributed by atoms with E-state index in [2.05, 4.69) is 20.9 Å². The number of aromatic nitrogens is 1. The predicted octanol–water partition coefficient (Wildman–Crippen LogP) is -0.870. The van der Waals surface area contributed by atoms with Gasteiger partial charge in [0.25, 0.3) is 0 Å². The van der Waals surface area contributed by atoms with E-state index in [9.17, 15) is 29.1 Å². The van der Waals surface area contributed by atoms with Gasteiger partial charge in [-0.05, 0) is 24.0 Å². The zero-order valence-electron chi connectivity index (χ0n) is 19.7. The van der Waals surface area contributed by atoms with Crippen LogP contribution in [0.3, 0.4) is 0 Å². The minimum Gasteiger partial charge on any atom is -0.480 e. The minimum atomic E-state index is -1.40. The third-order valence-corrected chi connectivity index (χ3v) is 5.71. The first-order valence-electron chi connectivity index (χ1n) is 11.2. The Labute approximate surface area is 202 Å². The van der Waals surface area contributed by atoms with E-state index < -0.39 is 60.7 Å². The summed E-state index contributed by atoms with van der Waals surface area (Å²) >= 11 is 0. The SMILES string of the molecule is CCC(C)C(NC(=O)C(CC(N)=O)NC(=O)CNC(=O)C(N)Cc1c[nH]c2ccccc12)C(=O)O. The molecule has 2 aromatic rings. The van der Waals surface area contributed by atoms with Crippen LogP contribution in [-0.2, 0) is 30.4 Å². The van der Waals surface area contributed by atoms with Gasteiger partial charge in [0.1, 0.15) is 12.1 Å². The third-order valence-electron chi connectivity index (χ3n) is 5.71. The van der Waals surface area contributed by atoms with Gasteiger partial charge >= 0.3 is 5.97 Å². The van der Waals surface area contributed by atoms with Gasteiger partial charge < -0.3 is 37.5 Å². The summed E-state index contributed by atoms with van der Waals surface area (Å²) in [4.78, 5) is 63.3. The van der Waals surface area contributed by atoms with E-state index in [1.54, 1.807) is 20.0 Å². The standard InChI is InChI=1S/C23H32N6O6/c1-3-12(2)20(23(34)35)29-22(33)17(9-18(25)30)28-19(31)11-27-21(32)15(24)8-13-10-26-16-7-5-4-6-14(13)16/h4-7,10,12,15,17,20,26H,3,8-9,11,24H2,1-2H3,(H2,25,30)(H,27,32)(H,28,31)(H,29,33)(H,34,35). The number of benzene rings is 1. The van der Waals surface area contributed by atoms with Crippen LogP contribution in [0, 0.1) is 5.92 Å². The molecule has 1 aromatic heterocycles. The van der Waals surface area contributed by atoms with E-state index >= 15 is 0 Å².